The average molecular weight is 362 g/mol. The number of sulfonamides is 1. The number of halogens is 1. The summed E-state index contributed by atoms with van der Waals surface area (Å²) in [5, 5.41) is 9.36. The molecule has 0 fully saturated rings. The van der Waals surface area contributed by atoms with Crippen LogP contribution in [0.1, 0.15) is 11.6 Å². The Hall–Kier alpha value is -0.730. The summed E-state index contributed by atoms with van der Waals surface area (Å²) in [7, 11) is -3.62. The van der Waals surface area contributed by atoms with E-state index in [-0.39, 0.29) is 10.8 Å². The minimum absolute atomic E-state index is 0.216. The Balaban J connectivity index is 2.23. The van der Waals surface area contributed by atoms with Crippen LogP contribution in [0.5, 0.6) is 0 Å². The van der Waals surface area contributed by atoms with Gasteiger partial charge in [0, 0.05) is 0 Å². The molecule has 0 spiro atoms. The van der Waals surface area contributed by atoms with Gasteiger partial charge in [-0.3, -0.25) is 0 Å². The fourth-order valence-corrected chi connectivity index (χ4v) is 4.83. The first-order chi connectivity index (χ1) is 9.03. The Morgan fingerprint density at radius 2 is 1.89 bits per heavy atom. The molecule has 0 aliphatic heterocycles. The molecule has 102 valence electrons. The van der Waals surface area contributed by atoms with E-state index in [1.165, 1.54) is 6.07 Å². The first kappa shape index (κ1) is 14.7. The summed E-state index contributed by atoms with van der Waals surface area (Å²) >= 11 is 4.36. The molecule has 1 aromatic heterocycles. The van der Waals surface area contributed by atoms with E-state index in [9.17, 15) is 13.5 Å². The largest absolute Gasteiger partial charge is 0.394 e. The molecule has 0 amide bonds. The van der Waals surface area contributed by atoms with Gasteiger partial charge in [-0.25, -0.2) is 13.1 Å². The number of nitrogens with one attached hydrogen (secondary N) is 1. The number of benzene rings is 1. The molecule has 4 nitrogen and oxygen atoms in total. The van der Waals surface area contributed by atoms with Gasteiger partial charge in [0.1, 0.15) is 4.21 Å². The fraction of sp³-hybridized carbons (Fsp3) is 0.167. The van der Waals surface area contributed by atoms with Crippen molar-refractivity contribution in [3.63, 3.8) is 0 Å². The van der Waals surface area contributed by atoms with Crippen LogP contribution in [0, 0.1) is 0 Å². The SMILES string of the molecule is O=S(=O)(N[C@H](CO)c1ccccc1)c1ccc(Br)s1. The van der Waals surface area contributed by atoms with E-state index in [4.69, 9.17) is 0 Å². The van der Waals surface area contributed by atoms with Crippen LogP contribution in [-0.2, 0) is 10.0 Å². The van der Waals surface area contributed by atoms with Gasteiger partial charge in [0.25, 0.3) is 10.0 Å². The van der Waals surface area contributed by atoms with Gasteiger partial charge in [-0.1, -0.05) is 30.3 Å². The summed E-state index contributed by atoms with van der Waals surface area (Å²) in [6.45, 7) is -0.296. The molecule has 2 rings (SSSR count). The smallest absolute Gasteiger partial charge is 0.250 e. The van der Waals surface area contributed by atoms with Gasteiger partial charge in [0.15, 0.2) is 0 Å². The molecule has 0 bridgehead atoms. The fourth-order valence-electron chi connectivity index (χ4n) is 1.58. The summed E-state index contributed by atoms with van der Waals surface area (Å²) in [6, 6.07) is 11.5. The highest BCUT2D eigenvalue weighted by Crippen LogP contribution is 2.27. The zero-order valence-corrected chi connectivity index (χ0v) is 13.0. The molecule has 0 saturated carbocycles. The molecule has 2 aromatic rings. The topological polar surface area (TPSA) is 66.4 Å². The van der Waals surface area contributed by atoms with E-state index in [0.29, 0.717) is 0 Å². The molecular weight excluding hydrogens is 350 g/mol. The third kappa shape index (κ3) is 3.64. The molecule has 19 heavy (non-hydrogen) atoms. The van der Waals surface area contributed by atoms with Gasteiger partial charge in [-0.15, -0.1) is 11.3 Å². The standard InChI is InChI=1S/C12H12BrNO3S2/c13-11-6-7-12(18-11)19(16,17)14-10(8-15)9-4-2-1-3-5-9/h1-7,10,14-15H,8H2/t10-/m1/s1. The number of thiophene rings is 1. The molecule has 1 aromatic carbocycles. The molecular formula is C12H12BrNO3S2. The van der Waals surface area contributed by atoms with E-state index >= 15 is 0 Å². The number of hydrogen-bond donors (Lipinski definition) is 2. The second-order valence-corrected chi connectivity index (χ2v) is 8.23. The molecule has 0 saturated heterocycles. The van der Waals surface area contributed by atoms with Crippen LogP contribution in [0.2, 0.25) is 0 Å². The maximum atomic E-state index is 12.2. The molecule has 1 atom stereocenters. The molecule has 0 unspecified atom stereocenters. The molecule has 0 aliphatic carbocycles. The Morgan fingerprint density at radius 3 is 2.42 bits per heavy atom. The Kier molecular flexibility index (Phi) is 4.75. The van der Waals surface area contributed by atoms with Crippen LogP contribution in [0.15, 0.2) is 50.5 Å². The summed E-state index contributed by atoms with van der Waals surface area (Å²) < 4.78 is 27.8. The monoisotopic (exact) mass is 361 g/mol. The van der Waals surface area contributed by atoms with Gasteiger partial charge < -0.3 is 5.11 Å². The second kappa shape index (κ2) is 6.15. The van der Waals surface area contributed by atoms with Crippen molar-refractivity contribution >= 4 is 37.3 Å². The average Bonchev–Trinajstić information content (AvgIpc) is 2.85. The van der Waals surface area contributed by atoms with Crippen molar-refractivity contribution in [2.45, 2.75) is 10.3 Å². The van der Waals surface area contributed by atoms with Crippen molar-refractivity contribution in [1.29, 1.82) is 0 Å². The van der Waals surface area contributed by atoms with Crippen molar-refractivity contribution in [2.75, 3.05) is 6.61 Å². The summed E-state index contributed by atoms with van der Waals surface area (Å²) in [4.78, 5) is 0. The first-order valence-corrected chi connectivity index (χ1v) is 8.55. The van der Waals surface area contributed by atoms with Crippen molar-refractivity contribution in [3.05, 3.63) is 51.8 Å². The minimum atomic E-state index is -3.62. The van der Waals surface area contributed by atoms with Crippen LogP contribution < -0.4 is 4.72 Å². The zero-order valence-electron chi connectivity index (χ0n) is 9.78. The third-order valence-electron chi connectivity index (χ3n) is 2.50. The Labute approximate surface area is 124 Å². The lowest BCUT2D eigenvalue weighted by atomic mass is 10.1. The van der Waals surface area contributed by atoms with Crippen molar-refractivity contribution < 1.29 is 13.5 Å². The first-order valence-electron chi connectivity index (χ1n) is 5.46. The van der Waals surface area contributed by atoms with Gasteiger partial charge in [-0.2, -0.15) is 0 Å². The second-order valence-electron chi connectivity index (χ2n) is 3.83. The maximum Gasteiger partial charge on any atom is 0.250 e. The highest BCUT2D eigenvalue weighted by atomic mass is 79.9. The third-order valence-corrected chi connectivity index (χ3v) is 6.08. The van der Waals surface area contributed by atoms with Crippen LogP contribution in [-0.4, -0.2) is 20.1 Å². The molecule has 0 aliphatic rings. The van der Waals surface area contributed by atoms with E-state index < -0.39 is 16.1 Å². The predicted octanol–water partition coefficient (Wildman–Crippen LogP) is 2.52. The molecule has 7 heteroatoms. The van der Waals surface area contributed by atoms with E-state index in [1.807, 2.05) is 6.07 Å². The maximum absolute atomic E-state index is 12.2. The van der Waals surface area contributed by atoms with Crippen molar-refractivity contribution in [2.24, 2.45) is 0 Å². The Morgan fingerprint density at radius 1 is 1.21 bits per heavy atom. The summed E-state index contributed by atoms with van der Waals surface area (Å²) in [6.07, 6.45) is 0. The number of rotatable bonds is 5. The summed E-state index contributed by atoms with van der Waals surface area (Å²) in [5.41, 5.74) is 0.726. The van der Waals surface area contributed by atoms with E-state index in [2.05, 4.69) is 20.7 Å². The lowest BCUT2D eigenvalue weighted by molar-refractivity contribution is 0.259. The van der Waals surface area contributed by atoms with Gasteiger partial charge in [0.05, 0.1) is 16.4 Å². The lowest BCUT2D eigenvalue weighted by Crippen LogP contribution is -2.30. The van der Waals surface area contributed by atoms with Gasteiger partial charge >= 0.3 is 0 Å². The Bertz CT molecular complexity index is 640. The van der Waals surface area contributed by atoms with Gasteiger partial charge in [-0.05, 0) is 33.6 Å². The molecule has 1 heterocycles. The molecule has 0 radical (unpaired) electrons. The minimum Gasteiger partial charge on any atom is -0.394 e. The zero-order chi connectivity index (χ0) is 13.9. The van der Waals surface area contributed by atoms with Crippen molar-refractivity contribution in [3.8, 4) is 0 Å². The summed E-state index contributed by atoms with van der Waals surface area (Å²) in [5.74, 6) is 0. The van der Waals surface area contributed by atoms with Crippen molar-refractivity contribution in [1.82, 2.24) is 4.72 Å². The number of aliphatic hydroxyl groups is 1. The van der Waals surface area contributed by atoms with E-state index in [0.717, 1.165) is 20.7 Å². The molecule has 2 N–H and O–H groups in total. The normalized spacial score (nSPS) is 13.4. The van der Waals surface area contributed by atoms with Crippen LogP contribution >= 0.6 is 27.3 Å². The number of aliphatic hydroxyl groups excluding tert-OH is 1. The van der Waals surface area contributed by atoms with Crippen LogP contribution in [0.4, 0.5) is 0 Å². The lowest BCUT2D eigenvalue weighted by Gasteiger charge is -2.16. The van der Waals surface area contributed by atoms with E-state index in [1.54, 1.807) is 30.3 Å². The van der Waals surface area contributed by atoms with Gasteiger partial charge in [0.2, 0.25) is 0 Å². The highest BCUT2D eigenvalue weighted by molar-refractivity contribution is 9.11. The quantitative estimate of drug-likeness (QED) is 0.859. The van der Waals surface area contributed by atoms with Crippen LogP contribution in [0.25, 0.3) is 0 Å². The van der Waals surface area contributed by atoms with Crippen LogP contribution in [0.3, 0.4) is 0 Å². The highest BCUT2D eigenvalue weighted by Gasteiger charge is 2.22. The number of hydrogen-bond acceptors (Lipinski definition) is 4. The predicted molar refractivity (Wildman–Crippen MR) is 78.6 cm³/mol.